The standard InChI is InChI=1S/C16H17ClN2/c1-19-11-15(12-5-3-2-4-6-12)16(18-19)13-7-9-14(17)10-8-13/h2-3,5,7-10,15H,4,6,11H2,1H3. The Morgan fingerprint density at radius 3 is 2.74 bits per heavy atom. The van der Waals surface area contributed by atoms with E-state index in [1.807, 2.05) is 24.2 Å². The fourth-order valence-corrected chi connectivity index (χ4v) is 2.86. The van der Waals surface area contributed by atoms with Gasteiger partial charge in [-0.05, 0) is 30.5 Å². The van der Waals surface area contributed by atoms with Crippen LogP contribution in [0.1, 0.15) is 18.4 Å². The Morgan fingerprint density at radius 2 is 2.05 bits per heavy atom. The second-order valence-corrected chi connectivity index (χ2v) is 5.53. The van der Waals surface area contributed by atoms with E-state index in [9.17, 15) is 0 Å². The number of nitrogens with zero attached hydrogens (tertiary/aromatic N) is 2. The third-order valence-corrected chi connectivity index (χ3v) is 3.94. The summed E-state index contributed by atoms with van der Waals surface area (Å²) in [5.41, 5.74) is 3.83. The van der Waals surface area contributed by atoms with Gasteiger partial charge in [-0.3, -0.25) is 5.01 Å². The highest BCUT2D eigenvalue weighted by atomic mass is 35.5. The number of benzene rings is 1. The Bertz CT molecular complexity index is 555. The third kappa shape index (κ3) is 2.59. The van der Waals surface area contributed by atoms with E-state index in [-0.39, 0.29) is 0 Å². The molecule has 0 saturated carbocycles. The summed E-state index contributed by atoms with van der Waals surface area (Å²) < 4.78 is 0. The SMILES string of the molecule is CN1CC(C2=CC=CCC2)C(c2ccc(Cl)cc2)=N1. The largest absolute Gasteiger partial charge is 0.299 e. The summed E-state index contributed by atoms with van der Waals surface area (Å²) in [6, 6.07) is 7.99. The third-order valence-electron chi connectivity index (χ3n) is 3.69. The summed E-state index contributed by atoms with van der Waals surface area (Å²) in [6.07, 6.45) is 8.91. The van der Waals surface area contributed by atoms with Crippen molar-refractivity contribution in [1.82, 2.24) is 5.01 Å². The molecule has 1 aromatic carbocycles. The van der Waals surface area contributed by atoms with Crippen LogP contribution >= 0.6 is 11.6 Å². The van der Waals surface area contributed by atoms with Gasteiger partial charge in [0, 0.05) is 24.5 Å². The maximum absolute atomic E-state index is 5.96. The lowest BCUT2D eigenvalue weighted by Crippen LogP contribution is -2.20. The van der Waals surface area contributed by atoms with E-state index in [0.717, 1.165) is 24.4 Å². The van der Waals surface area contributed by atoms with Gasteiger partial charge >= 0.3 is 0 Å². The molecule has 1 aromatic rings. The minimum atomic E-state index is 0.413. The molecule has 0 radical (unpaired) electrons. The second kappa shape index (κ2) is 5.22. The average molecular weight is 273 g/mol. The van der Waals surface area contributed by atoms with E-state index < -0.39 is 0 Å². The lowest BCUT2D eigenvalue weighted by molar-refractivity contribution is 0.370. The Kier molecular flexibility index (Phi) is 3.43. The molecule has 1 aliphatic carbocycles. The summed E-state index contributed by atoms with van der Waals surface area (Å²) in [5.74, 6) is 0.413. The van der Waals surface area contributed by atoms with E-state index >= 15 is 0 Å². The average Bonchev–Trinajstić information content (AvgIpc) is 2.83. The Balaban J connectivity index is 1.93. The lowest BCUT2D eigenvalue weighted by atomic mass is 9.86. The number of hydrazone groups is 1. The van der Waals surface area contributed by atoms with Crippen molar-refractivity contribution in [2.24, 2.45) is 11.0 Å². The molecule has 1 aliphatic heterocycles. The monoisotopic (exact) mass is 272 g/mol. The first-order valence-corrected chi connectivity index (χ1v) is 7.03. The smallest absolute Gasteiger partial charge is 0.0767 e. The van der Waals surface area contributed by atoms with Crippen LogP contribution in [0.3, 0.4) is 0 Å². The molecule has 2 aliphatic rings. The Labute approximate surface area is 119 Å². The molecule has 0 saturated heterocycles. The van der Waals surface area contributed by atoms with Gasteiger partial charge in [0.05, 0.1) is 5.71 Å². The summed E-state index contributed by atoms with van der Waals surface area (Å²) in [6.45, 7) is 0.970. The van der Waals surface area contributed by atoms with Crippen molar-refractivity contribution in [1.29, 1.82) is 0 Å². The van der Waals surface area contributed by atoms with Gasteiger partial charge in [-0.15, -0.1) is 0 Å². The molecule has 0 fully saturated rings. The maximum Gasteiger partial charge on any atom is 0.0767 e. The van der Waals surface area contributed by atoms with Gasteiger partial charge in [-0.2, -0.15) is 5.10 Å². The highest BCUT2D eigenvalue weighted by Gasteiger charge is 2.28. The van der Waals surface area contributed by atoms with Crippen LogP contribution in [0.25, 0.3) is 0 Å². The van der Waals surface area contributed by atoms with Crippen molar-refractivity contribution in [3.8, 4) is 0 Å². The first-order chi connectivity index (χ1) is 9.24. The minimum Gasteiger partial charge on any atom is -0.299 e. The van der Waals surface area contributed by atoms with Crippen molar-refractivity contribution < 1.29 is 0 Å². The van der Waals surface area contributed by atoms with Gasteiger partial charge in [0.25, 0.3) is 0 Å². The molecule has 1 unspecified atom stereocenters. The van der Waals surface area contributed by atoms with Gasteiger partial charge < -0.3 is 0 Å². The van der Waals surface area contributed by atoms with Crippen LogP contribution in [0, 0.1) is 5.92 Å². The van der Waals surface area contributed by atoms with E-state index in [2.05, 4.69) is 35.5 Å². The van der Waals surface area contributed by atoms with Gasteiger partial charge in [0.15, 0.2) is 0 Å². The molecule has 0 bridgehead atoms. The molecule has 1 heterocycles. The first kappa shape index (κ1) is 12.5. The second-order valence-electron chi connectivity index (χ2n) is 5.09. The van der Waals surface area contributed by atoms with Crippen LogP contribution in [0.15, 0.2) is 53.2 Å². The first-order valence-electron chi connectivity index (χ1n) is 6.65. The highest BCUT2D eigenvalue weighted by Crippen LogP contribution is 2.29. The molecule has 19 heavy (non-hydrogen) atoms. The normalized spacial score (nSPS) is 22.4. The van der Waals surface area contributed by atoms with Crippen molar-refractivity contribution in [2.75, 3.05) is 13.6 Å². The Hall–Kier alpha value is -1.54. The van der Waals surface area contributed by atoms with Gasteiger partial charge in [-0.25, -0.2) is 0 Å². The number of rotatable bonds is 2. The molecule has 0 spiro atoms. The predicted molar refractivity (Wildman–Crippen MR) is 80.6 cm³/mol. The van der Waals surface area contributed by atoms with Gasteiger partial charge in [0.2, 0.25) is 0 Å². The molecular formula is C16H17ClN2. The lowest BCUT2D eigenvalue weighted by Gasteiger charge is -2.18. The number of allylic oxidation sites excluding steroid dienone is 3. The fourth-order valence-electron chi connectivity index (χ4n) is 2.73. The molecule has 1 atom stereocenters. The zero-order valence-electron chi connectivity index (χ0n) is 11.0. The van der Waals surface area contributed by atoms with Crippen LogP contribution in [-0.4, -0.2) is 24.3 Å². The number of halogens is 1. The van der Waals surface area contributed by atoms with Gasteiger partial charge in [0.1, 0.15) is 0 Å². The van der Waals surface area contributed by atoms with Crippen LogP contribution in [0.5, 0.6) is 0 Å². The van der Waals surface area contributed by atoms with Crippen molar-refractivity contribution >= 4 is 17.3 Å². The maximum atomic E-state index is 5.96. The van der Waals surface area contributed by atoms with E-state index in [0.29, 0.717) is 5.92 Å². The van der Waals surface area contributed by atoms with Crippen LogP contribution in [0.4, 0.5) is 0 Å². The molecule has 0 N–H and O–H groups in total. The van der Waals surface area contributed by atoms with Crippen LogP contribution in [0.2, 0.25) is 5.02 Å². The molecule has 3 rings (SSSR count). The van der Waals surface area contributed by atoms with E-state index in [4.69, 9.17) is 11.6 Å². The van der Waals surface area contributed by atoms with Crippen molar-refractivity contribution in [3.63, 3.8) is 0 Å². The zero-order chi connectivity index (χ0) is 13.2. The van der Waals surface area contributed by atoms with Crippen LogP contribution in [-0.2, 0) is 0 Å². The molecule has 3 heteroatoms. The van der Waals surface area contributed by atoms with E-state index in [1.54, 1.807) is 0 Å². The summed E-state index contributed by atoms with van der Waals surface area (Å²) in [7, 11) is 2.04. The highest BCUT2D eigenvalue weighted by molar-refractivity contribution is 6.30. The Morgan fingerprint density at radius 1 is 1.26 bits per heavy atom. The minimum absolute atomic E-state index is 0.413. The van der Waals surface area contributed by atoms with Crippen molar-refractivity contribution in [2.45, 2.75) is 12.8 Å². The summed E-state index contributed by atoms with van der Waals surface area (Å²) >= 11 is 5.96. The quantitative estimate of drug-likeness (QED) is 0.798. The van der Waals surface area contributed by atoms with Crippen molar-refractivity contribution in [3.05, 3.63) is 58.7 Å². The summed E-state index contributed by atoms with van der Waals surface area (Å²) in [5, 5.41) is 7.49. The van der Waals surface area contributed by atoms with E-state index in [1.165, 1.54) is 16.8 Å². The zero-order valence-corrected chi connectivity index (χ0v) is 11.8. The van der Waals surface area contributed by atoms with Crippen LogP contribution < -0.4 is 0 Å². The molecule has 0 aromatic heterocycles. The fraction of sp³-hybridized carbons (Fsp3) is 0.312. The number of hydrogen-bond donors (Lipinski definition) is 0. The molecular weight excluding hydrogens is 256 g/mol. The van der Waals surface area contributed by atoms with Gasteiger partial charge in [-0.1, -0.05) is 47.5 Å². The topological polar surface area (TPSA) is 15.6 Å². The molecule has 0 amide bonds. The molecule has 98 valence electrons. The summed E-state index contributed by atoms with van der Waals surface area (Å²) in [4.78, 5) is 0. The predicted octanol–water partition coefficient (Wildman–Crippen LogP) is 3.88. The molecule has 2 nitrogen and oxygen atoms in total. The number of hydrogen-bond acceptors (Lipinski definition) is 2.